The Morgan fingerprint density at radius 3 is 2.79 bits per heavy atom. The number of rotatable bonds is 3. The molecule has 5 rings (SSSR count). The second-order valence-corrected chi connectivity index (χ2v) is 7.41. The van der Waals surface area contributed by atoms with Gasteiger partial charge < -0.3 is 15.0 Å². The van der Waals surface area contributed by atoms with Crippen molar-refractivity contribution in [3.63, 3.8) is 0 Å². The number of nitrogens with one attached hydrogen (secondary N) is 1. The lowest BCUT2D eigenvalue weighted by molar-refractivity contribution is 0.190. The summed E-state index contributed by atoms with van der Waals surface area (Å²) in [5.74, 6) is 1.09. The van der Waals surface area contributed by atoms with Gasteiger partial charge in [0.05, 0.1) is 37.3 Å². The number of para-hydroxylation sites is 2. The number of nitrogens with zero attached hydrogens (tertiary/aromatic N) is 3. The van der Waals surface area contributed by atoms with E-state index in [-0.39, 0.29) is 18.0 Å². The van der Waals surface area contributed by atoms with Crippen molar-refractivity contribution in [3.8, 4) is 11.4 Å². The molecule has 2 aromatic carbocycles. The molecule has 0 saturated carbocycles. The van der Waals surface area contributed by atoms with Gasteiger partial charge in [0, 0.05) is 23.1 Å². The lowest BCUT2D eigenvalue weighted by atomic mass is 9.94. The van der Waals surface area contributed by atoms with Crippen molar-refractivity contribution in [2.75, 3.05) is 6.61 Å². The zero-order valence-electron chi connectivity index (χ0n) is 15.7. The summed E-state index contributed by atoms with van der Waals surface area (Å²) in [6.45, 7) is 3.78. The quantitative estimate of drug-likeness (QED) is 0.764. The lowest BCUT2D eigenvalue weighted by Crippen LogP contribution is -2.44. The fraction of sp³-hybridized carbons (Fsp3) is 0.273. The number of hydrogen-bond donors (Lipinski definition) is 1. The Balaban J connectivity index is 1.28. The molecule has 0 radical (unpaired) electrons. The van der Waals surface area contributed by atoms with Gasteiger partial charge in [0.1, 0.15) is 5.75 Å². The molecule has 0 spiro atoms. The van der Waals surface area contributed by atoms with Gasteiger partial charge in [0.2, 0.25) is 0 Å². The number of fused-ring (bicyclic) bond motifs is 2. The summed E-state index contributed by atoms with van der Waals surface area (Å²) in [7, 11) is 0. The summed E-state index contributed by atoms with van der Waals surface area (Å²) in [4.78, 5) is 14.7. The normalized spacial score (nSPS) is 18.3. The molecule has 0 saturated heterocycles. The van der Waals surface area contributed by atoms with Crippen LogP contribution in [0.4, 0.5) is 4.79 Å². The van der Waals surface area contributed by atoms with Crippen molar-refractivity contribution in [2.24, 2.45) is 0 Å². The molecule has 0 aliphatic carbocycles. The number of carbonyl (C=O) groups is 1. The van der Waals surface area contributed by atoms with Crippen molar-refractivity contribution < 1.29 is 9.53 Å². The Kier molecular flexibility index (Phi) is 4.04. The van der Waals surface area contributed by atoms with Crippen LogP contribution in [0.5, 0.6) is 5.75 Å². The van der Waals surface area contributed by atoms with E-state index in [9.17, 15) is 4.79 Å². The van der Waals surface area contributed by atoms with E-state index in [4.69, 9.17) is 4.74 Å². The fourth-order valence-corrected chi connectivity index (χ4v) is 4.07. The molecular formula is C22H22N4O2. The third-order valence-corrected chi connectivity index (χ3v) is 5.64. The molecule has 3 aromatic rings. The van der Waals surface area contributed by atoms with Gasteiger partial charge in [-0.2, -0.15) is 5.10 Å². The number of benzene rings is 2. The molecule has 1 N–H and O–H groups in total. The second-order valence-electron chi connectivity index (χ2n) is 7.41. The van der Waals surface area contributed by atoms with E-state index in [1.54, 1.807) is 0 Å². The molecular weight excluding hydrogens is 352 g/mol. The van der Waals surface area contributed by atoms with Crippen molar-refractivity contribution in [2.45, 2.75) is 32.0 Å². The number of hydrogen-bond acceptors (Lipinski definition) is 3. The zero-order chi connectivity index (χ0) is 19.1. The highest BCUT2D eigenvalue weighted by Gasteiger charge is 2.32. The third-order valence-electron chi connectivity index (χ3n) is 5.64. The third kappa shape index (κ3) is 2.81. The first kappa shape index (κ1) is 16.9. The van der Waals surface area contributed by atoms with Gasteiger partial charge >= 0.3 is 6.03 Å². The van der Waals surface area contributed by atoms with Crippen molar-refractivity contribution >= 4 is 6.03 Å². The van der Waals surface area contributed by atoms with Crippen LogP contribution in [0.2, 0.25) is 0 Å². The highest BCUT2D eigenvalue weighted by atomic mass is 16.5. The second kappa shape index (κ2) is 6.71. The Labute approximate surface area is 163 Å². The van der Waals surface area contributed by atoms with Crippen molar-refractivity contribution in [3.05, 3.63) is 77.6 Å². The molecule has 2 amide bonds. The zero-order valence-corrected chi connectivity index (χ0v) is 15.7. The van der Waals surface area contributed by atoms with E-state index in [2.05, 4.69) is 16.5 Å². The molecule has 1 aromatic heterocycles. The summed E-state index contributed by atoms with van der Waals surface area (Å²) in [6.07, 6.45) is 1.86. The molecule has 0 fully saturated rings. The maximum Gasteiger partial charge on any atom is 0.318 e. The van der Waals surface area contributed by atoms with Crippen LogP contribution < -0.4 is 10.1 Å². The van der Waals surface area contributed by atoms with E-state index >= 15 is 0 Å². The predicted octanol–water partition coefficient (Wildman–Crippen LogP) is 3.46. The molecule has 0 bridgehead atoms. The first-order valence-electron chi connectivity index (χ1n) is 9.59. The smallest absolute Gasteiger partial charge is 0.318 e. The molecule has 6 heteroatoms. The van der Waals surface area contributed by atoms with Gasteiger partial charge in [-0.05, 0) is 25.1 Å². The monoisotopic (exact) mass is 374 g/mol. The molecule has 6 nitrogen and oxygen atoms in total. The Morgan fingerprint density at radius 2 is 1.93 bits per heavy atom. The van der Waals surface area contributed by atoms with Gasteiger partial charge in [-0.25, -0.2) is 9.48 Å². The highest BCUT2D eigenvalue weighted by Crippen LogP contribution is 2.35. The molecule has 3 heterocycles. The van der Waals surface area contributed by atoms with E-state index in [0.717, 1.165) is 22.7 Å². The maximum absolute atomic E-state index is 12.9. The van der Waals surface area contributed by atoms with Crippen LogP contribution >= 0.6 is 0 Å². The summed E-state index contributed by atoms with van der Waals surface area (Å²) < 4.78 is 7.69. The van der Waals surface area contributed by atoms with Gasteiger partial charge in [0.25, 0.3) is 0 Å². The molecule has 2 aliphatic heterocycles. The Hall–Kier alpha value is -3.28. The first-order valence-corrected chi connectivity index (χ1v) is 9.59. The minimum Gasteiger partial charge on any atom is -0.493 e. The van der Waals surface area contributed by atoms with Crippen LogP contribution in [0.1, 0.15) is 29.7 Å². The lowest BCUT2D eigenvalue weighted by Gasteiger charge is -2.24. The van der Waals surface area contributed by atoms with Crippen LogP contribution in [0.25, 0.3) is 5.69 Å². The number of carbonyl (C=O) groups excluding carboxylic acids is 1. The van der Waals surface area contributed by atoms with E-state index in [1.807, 2.05) is 71.2 Å². The molecule has 142 valence electrons. The van der Waals surface area contributed by atoms with Crippen molar-refractivity contribution in [1.82, 2.24) is 20.0 Å². The Bertz CT molecular complexity index is 1010. The highest BCUT2D eigenvalue weighted by molar-refractivity contribution is 5.75. The number of amides is 2. The number of urea groups is 1. The predicted molar refractivity (Wildman–Crippen MR) is 105 cm³/mol. The van der Waals surface area contributed by atoms with E-state index in [0.29, 0.717) is 19.7 Å². The average Bonchev–Trinajstić information content (AvgIpc) is 3.42. The minimum absolute atomic E-state index is 0.00881. The minimum atomic E-state index is -0.0484. The van der Waals surface area contributed by atoms with Crippen LogP contribution in [0.3, 0.4) is 0 Å². The largest absolute Gasteiger partial charge is 0.493 e. The average molecular weight is 374 g/mol. The summed E-state index contributed by atoms with van der Waals surface area (Å²) in [5, 5.41) is 7.66. The van der Waals surface area contributed by atoms with Gasteiger partial charge in [0.15, 0.2) is 0 Å². The van der Waals surface area contributed by atoms with Crippen LogP contribution in [-0.4, -0.2) is 33.4 Å². The maximum atomic E-state index is 12.9. The first-order chi connectivity index (χ1) is 13.7. The van der Waals surface area contributed by atoms with Crippen LogP contribution in [0.15, 0.2) is 60.8 Å². The van der Waals surface area contributed by atoms with Gasteiger partial charge in [-0.3, -0.25) is 0 Å². The molecule has 2 atom stereocenters. The van der Waals surface area contributed by atoms with Crippen LogP contribution in [-0.2, 0) is 13.1 Å². The standard InChI is InChI=1S/C22H22N4O2/c1-15(19-14-28-21-10-6-5-9-18(19)21)24-22(27)25-12-16-11-23-26(20(16)13-25)17-7-3-2-4-8-17/h2-11,15,19H,12-14H2,1H3,(H,24,27). The summed E-state index contributed by atoms with van der Waals surface area (Å²) in [5.41, 5.74) is 4.35. The molecule has 2 aliphatic rings. The Morgan fingerprint density at radius 1 is 1.14 bits per heavy atom. The SMILES string of the molecule is CC(NC(=O)N1Cc2cnn(-c3ccccc3)c2C1)C1COc2ccccc21. The van der Waals surface area contributed by atoms with Crippen molar-refractivity contribution in [1.29, 1.82) is 0 Å². The van der Waals surface area contributed by atoms with E-state index < -0.39 is 0 Å². The fourth-order valence-electron chi connectivity index (χ4n) is 4.07. The number of ether oxygens (including phenoxy) is 1. The molecule has 28 heavy (non-hydrogen) atoms. The van der Waals surface area contributed by atoms with Gasteiger partial charge in [-0.1, -0.05) is 36.4 Å². The topological polar surface area (TPSA) is 59.4 Å². The van der Waals surface area contributed by atoms with Crippen LogP contribution in [0, 0.1) is 0 Å². The van der Waals surface area contributed by atoms with E-state index in [1.165, 1.54) is 5.56 Å². The summed E-state index contributed by atoms with van der Waals surface area (Å²) in [6, 6.07) is 18.0. The summed E-state index contributed by atoms with van der Waals surface area (Å²) >= 11 is 0. The number of aromatic nitrogens is 2. The molecule has 2 unspecified atom stereocenters. The van der Waals surface area contributed by atoms with Gasteiger partial charge in [-0.15, -0.1) is 0 Å².